The zero-order valence-electron chi connectivity index (χ0n) is 14.2. The lowest BCUT2D eigenvalue weighted by atomic mass is 9.90. The number of benzene rings is 1. The van der Waals surface area contributed by atoms with Gasteiger partial charge in [0.15, 0.2) is 0 Å². The van der Waals surface area contributed by atoms with Crippen molar-refractivity contribution in [3.63, 3.8) is 0 Å². The summed E-state index contributed by atoms with van der Waals surface area (Å²) in [6.45, 7) is 4.93. The van der Waals surface area contributed by atoms with Gasteiger partial charge in [-0.3, -0.25) is 4.79 Å². The van der Waals surface area contributed by atoms with Crippen molar-refractivity contribution in [3.05, 3.63) is 52.0 Å². The van der Waals surface area contributed by atoms with Crippen LogP contribution in [0.15, 0.2) is 35.8 Å². The van der Waals surface area contributed by atoms with E-state index in [0.29, 0.717) is 12.5 Å². The van der Waals surface area contributed by atoms with Gasteiger partial charge in [-0.15, -0.1) is 11.3 Å². The van der Waals surface area contributed by atoms with Crippen molar-refractivity contribution >= 4 is 17.2 Å². The predicted molar refractivity (Wildman–Crippen MR) is 98.0 cm³/mol. The predicted octanol–water partition coefficient (Wildman–Crippen LogP) is 3.02. The lowest BCUT2D eigenvalue weighted by Crippen LogP contribution is -2.43. The third kappa shape index (κ3) is 4.65. The van der Waals surface area contributed by atoms with Gasteiger partial charge in [0, 0.05) is 24.5 Å². The molecule has 0 unspecified atom stereocenters. The summed E-state index contributed by atoms with van der Waals surface area (Å²) in [5.74, 6) is 0.916. The number of likely N-dealkylation sites (tertiary alicyclic amines) is 1. The van der Waals surface area contributed by atoms with E-state index in [0.717, 1.165) is 44.6 Å². The first-order chi connectivity index (χ1) is 11.7. The van der Waals surface area contributed by atoms with Gasteiger partial charge in [0.1, 0.15) is 0 Å². The molecule has 1 amide bonds. The second-order valence-corrected chi connectivity index (χ2v) is 7.42. The van der Waals surface area contributed by atoms with E-state index in [2.05, 4.69) is 40.6 Å². The molecule has 1 aliphatic rings. The highest BCUT2D eigenvalue weighted by molar-refractivity contribution is 7.09. The summed E-state index contributed by atoms with van der Waals surface area (Å²) in [6.07, 6.45) is 3.34. The van der Waals surface area contributed by atoms with E-state index in [9.17, 15) is 4.79 Å². The Morgan fingerprint density at radius 2 is 2.04 bits per heavy atom. The molecule has 0 spiro atoms. The number of rotatable bonds is 6. The van der Waals surface area contributed by atoms with Crippen LogP contribution in [-0.2, 0) is 17.8 Å². The number of hydrogen-bond donors (Lipinski definition) is 1. The Morgan fingerprint density at radius 3 is 2.71 bits per heavy atom. The topological polar surface area (TPSA) is 45.2 Å². The fraction of sp³-hybridized carbons (Fsp3) is 0.474. The highest BCUT2D eigenvalue weighted by Gasteiger charge is 2.22. The molecule has 1 aromatic carbocycles. The van der Waals surface area contributed by atoms with Crippen molar-refractivity contribution in [2.45, 2.75) is 32.7 Å². The van der Waals surface area contributed by atoms with Gasteiger partial charge in [0.25, 0.3) is 0 Å². The van der Waals surface area contributed by atoms with Crippen LogP contribution < -0.4 is 5.32 Å². The fourth-order valence-electron chi connectivity index (χ4n) is 3.22. The number of thiazole rings is 1. The van der Waals surface area contributed by atoms with Crippen LogP contribution in [0.3, 0.4) is 0 Å². The molecular formula is C19H25N3OS. The largest absolute Gasteiger partial charge is 0.342 e. The van der Waals surface area contributed by atoms with E-state index < -0.39 is 0 Å². The first-order valence-corrected chi connectivity index (χ1v) is 9.51. The molecule has 0 bridgehead atoms. The lowest BCUT2D eigenvalue weighted by molar-refractivity contribution is -0.131. The Balaban J connectivity index is 1.38. The van der Waals surface area contributed by atoms with Gasteiger partial charge in [-0.25, -0.2) is 4.98 Å². The maximum absolute atomic E-state index is 12.3. The Labute approximate surface area is 147 Å². The SMILES string of the molecule is Cc1ncsc1CNCC(=O)N1CCC(Cc2ccccc2)CC1. The molecule has 0 aliphatic carbocycles. The molecule has 0 radical (unpaired) electrons. The summed E-state index contributed by atoms with van der Waals surface area (Å²) in [4.78, 5) is 19.8. The maximum atomic E-state index is 12.3. The summed E-state index contributed by atoms with van der Waals surface area (Å²) < 4.78 is 0. The summed E-state index contributed by atoms with van der Waals surface area (Å²) >= 11 is 1.64. The second kappa shape index (κ2) is 8.40. The Kier molecular flexibility index (Phi) is 5.99. The van der Waals surface area contributed by atoms with E-state index in [1.165, 1.54) is 10.4 Å². The minimum Gasteiger partial charge on any atom is -0.342 e. The van der Waals surface area contributed by atoms with Crippen molar-refractivity contribution in [1.29, 1.82) is 0 Å². The van der Waals surface area contributed by atoms with Crippen LogP contribution in [0, 0.1) is 12.8 Å². The van der Waals surface area contributed by atoms with Crippen LogP contribution in [0.25, 0.3) is 0 Å². The number of nitrogens with one attached hydrogen (secondary N) is 1. The Morgan fingerprint density at radius 1 is 1.29 bits per heavy atom. The Bertz CT molecular complexity index is 648. The molecule has 2 heterocycles. The summed E-state index contributed by atoms with van der Waals surface area (Å²) in [5.41, 5.74) is 4.32. The van der Waals surface area contributed by atoms with Crippen molar-refractivity contribution in [3.8, 4) is 0 Å². The first kappa shape index (κ1) is 17.1. The third-order valence-electron chi connectivity index (χ3n) is 4.74. The molecule has 0 atom stereocenters. The lowest BCUT2D eigenvalue weighted by Gasteiger charge is -2.32. The van der Waals surface area contributed by atoms with Crippen LogP contribution in [-0.4, -0.2) is 35.4 Å². The Hall–Kier alpha value is -1.72. The molecule has 1 aromatic heterocycles. The van der Waals surface area contributed by atoms with Crippen LogP contribution >= 0.6 is 11.3 Å². The molecule has 2 aromatic rings. The van der Waals surface area contributed by atoms with Gasteiger partial charge in [-0.2, -0.15) is 0 Å². The number of nitrogens with zero attached hydrogens (tertiary/aromatic N) is 2. The number of hydrogen-bond acceptors (Lipinski definition) is 4. The van der Waals surface area contributed by atoms with Gasteiger partial charge in [-0.1, -0.05) is 30.3 Å². The number of carbonyl (C=O) groups excluding carboxylic acids is 1. The molecule has 1 aliphatic heterocycles. The molecular weight excluding hydrogens is 318 g/mol. The van der Waals surface area contributed by atoms with Gasteiger partial charge < -0.3 is 10.2 Å². The quantitative estimate of drug-likeness (QED) is 0.877. The van der Waals surface area contributed by atoms with Crippen molar-refractivity contribution < 1.29 is 4.79 Å². The van der Waals surface area contributed by atoms with Crippen LogP contribution in [0.1, 0.15) is 29.0 Å². The average Bonchev–Trinajstić information content (AvgIpc) is 3.01. The molecule has 0 saturated carbocycles. The summed E-state index contributed by atoms with van der Waals surface area (Å²) in [6, 6.07) is 10.7. The first-order valence-electron chi connectivity index (χ1n) is 8.64. The highest BCUT2D eigenvalue weighted by atomic mass is 32.1. The third-order valence-corrected chi connectivity index (χ3v) is 5.68. The minimum atomic E-state index is 0.218. The molecule has 1 saturated heterocycles. The fourth-order valence-corrected chi connectivity index (χ4v) is 3.97. The normalized spacial score (nSPS) is 15.6. The molecule has 5 heteroatoms. The van der Waals surface area contributed by atoms with Crippen molar-refractivity contribution in [2.75, 3.05) is 19.6 Å². The van der Waals surface area contributed by atoms with E-state index in [4.69, 9.17) is 0 Å². The van der Waals surface area contributed by atoms with Gasteiger partial charge in [0.2, 0.25) is 5.91 Å². The number of aromatic nitrogens is 1. The number of carbonyl (C=O) groups is 1. The van der Waals surface area contributed by atoms with E-state index >= 15 is 0 Å². The van der Waals surface area contributed by atoms with E-state index in [1.807, 2.05) is 17.3 Å². The standard InChI is InChI=1S/C19H25N3OS/c1-15-18(24-14-21-15)12-20-13-19(23)22-9-7-17(8-10-22)11-16-5-3-2-4-6-16/h2-6,14,17,20H,7-13H2,1H3. The molecule has 3 rings (SSSR count). The van der Waals surface area contributed by atoms with Gasteiger partial charge in [-0.05, 0) is 37.7 Å². The van der Waals surface area contributed by atoms with Crippen molar-refractivity contribution in [1.82, 2.24) is 15.2 Å². The van der Waals surface area contributed by atoms with Crippen LogP contribution in [0.4, 0.5) is 0 Å². The monoisotopic (exact) mass is 343 g/mol. The summed E-state index contributed by atoms with van der Waals surface area (Å²) in [5, 5.41) is 3.26. The molecule has 1 N–H and O–H groups in total. The molecule has 4 nitrogen and oxygen atoms in total. The molecule has 128 valence electrons. The van der Waals surface area contributed by atoms with Gasteiger partial charge in [0.05, 0.1) is 17.7 Å². The zero-order chi connectivity index (χ0) is 16.8. The van der Waals surface area contributed by atoms with Crippen LogP contribution in [0.2, 0.25) is 0 Å². The highest BCUT2D eigenvalue weighted by Crippen LogP contribution is 2.21. The summed E-state index contributed by atoms with van der Waals surface area (Å²) in [7, 11) is 0. The smallest absolute Gasteiger partial charge is 0.236 e. The average molecular weight is 343 g/mol. The molecule has 24 heavy (non-hydrogen) atoms. The minimum absolute atomic E-state index is 0.218. The number of piperidine rings is 1. The van der Waals surface area contributed by atoms with E-state index in [-0.39, 0.29) is 5.91 Å². The maximum Gasteiger partial charge on any atom is 0.236 e. The second-order valence-electron chi connectivity index (χ2n) is 6.48. The number of amides is 1. The number of aryl methyl sites for hydroxylation is 1. The zero-order valence-corrected chi connectivity index (χ0v) is 15.0. The van der Waals surface area contributed by atoms with Crippen LogP contribution in [0.5, 0.6) is 0 Å². The van der Waals surface area contributed by atoms with Gasteiger partial charge >= 0.3 is 0 Å². The van der Waals surface area contributed by atoms with Crippen molar-refractivity contribution in [2.24, 2.45) is 5.92 Å². The van der Waals surface area contributed by atoms with E-state index in [1.54, 1.807) is 11.3 Å². The molecule has 1 fully saturated rings.